The van der Waals surface area contributed by atoms with Crippen molar-refractivity contribution in [2.75, 3.05) is 7.05 Å². The summed E-state index contributed by atoms with van der Waals surface area (Å²) in [7, 11) is -1.64. The van der Waals surface area contributed by atoms with Crippen molar-refractivity contribution in [3.05, 3.63) is 28.7 Å². The van der Waals surface area contributed by atoms with Gasteiger partial charge in [-0.2, -0.15) is 4.31 Å². The Labute approximate surface area is 111 Å². The Morgan fingerprint density at radius 1 is 1.18 bits per heavy atom. The van der Waals surface area contributed by atoms with Crippen molar-refractivity contribution in [1.29, 1.82) is 0 Å². The van der Waals surface area contributed by atoms with E-state index in [0.717, 1.165) is 30.2 Å². The summed E-state index contributed by atoms with van der Waals surface area (Å²) in [5.74, 6) is 0. The second-order valence-electron chi connectivity index (χ2n) is 4.41. The third-order valence-electron chi connectivity index (χ3n) is 3.33. The number of hydrogen-bond donors (Lipinski definition) is 0. The molecule has 17 heavy (non-hydrogen) atoms. The van der Waals surface area contributed by atoms with Gasteiger partial charge in [-0.1, -0.05) is 28.8 Å². The summed E-state index contributed by atoms with van der Waals surface area (Å²) in [6.07, 6.45) is 4.22. The van der Waals surface area contributed by atoms with Gasteiger partial charge in [-0.15, -0.1) is 0 Å². The molecule has 3 nitrogen and oxygen atoms in total. The third kappa shape index (κ3) is 2.72. The Bertz CT molecular complexity index is 478. The Hall–Kier alpha value is -0.390. The van der Waals surface area contributed by atoms with E-state index in [1.54, 1.807) is 31.3 Å². The molecule has 1 saturated carbocycles. The van der Waals surface area contributed by atoms with E-state index in [2.05, 4.69) is 15.9 Å². The first-order valence-electron chi connectivity index (χ1n) is 5.75. The zero-order chi connectivity index (χ0) is 12.5. The van der Waals surface area contributed by atoms with Crippen LogP contribution in [0.3, 0.4) is 0 Å². The second kappa shape index (κ2) is 5.08. The highest BCUT2D eigenvalue weighted by Crippen LogP contribution is 2.27. The summed E-state index contributed by atoms with van der Waals surface area (Å²) < 4.78 is 27.1. The van der Waals surface area contributed by atoms with E-state index in [1.807, 2.05) is 0 Å². The fourth-order valence-electron chi connectivity index (χ4n) is 2.24. The van der Waals surface area contributed by atoms with Crippen LogP contribution >= 0.6 is 15.9 Å². The first-order valence-corrected chi connectivity index (χ1v) is 7.99. The quantitative estimate of drug-likeness (QED) is 0.859. The highest BCUT2D eigenvalue weighted by molar-refractivity contribution is 9.10. The summed E-state index contributed by atoms with van der Waals surface area (Å²) >= 11 is 3.31. The van der Waals surface area contributed by atoms with Gasteiger partial charge in [0.2, 0.25) is 10.0 Å². The monoisotopic (exact) mass is 317 g/mol. The van der Waals surface area contributed by atoms with Crippen molar-refractivity contribution in [3.63, 3.8) is 0 Å². The highest BCUT2D eigenvalue weighted by atomic mass is 79.9. The van der Waals surface area contributed by atoms with Crippen molar-refractivity contribution in [1.82, 2.24) is 4.31 Å². The van der Waals surface area contributed by atoms with Crippen LogP contribution in [0.4, 0.5) is 0 Å². The van der Waals surface area contributed by atoms with Crippen LogP contribution in [0.5, 0.6) is 0 Å². The highest BCUT2D eigenvalue weighted by Gasteiger charge is 2.29. The van der Waals surface area contributed by atoms with E-state index < -0.39 is 10.0 Å². The van der Waals surface area contributed by atoms with Gasteiger partial charge in [-0.25, -0.2) is 8.42 Å². The maximum Gasteiger partial charge on any atom is 0.243 e. The van der Waals surface area contributed by atoms with Crippen LogP contribution in [0.15, 0.2) is 33.6 Å². The van der Waals surface area contributed by atoms with Gasteiger partial charge >= 0.3 is 0 Å². The zero-order valence-electron chi connectivity index (χ0n) is 9.77. The zero-order valence-corrected chi connectivity index (χ0v) is 12.2. The summed E-state index contributed by atoms with van der Waals surface area (Å²) in [6.45, 7) is 0. The topological polar surface area (TPSA) is 37.4 Å². The molecule has 0 aliphatic heterocycles. The van der Waals surface area contributed by atoms with Crippen LogP contribution in [0.1, 0.15) is 25.7 Å². The number of hydrogen-bond acceptors (Lipinski definition) is 2. The second-order valence-corrected chi connectivity index (χ2v) is 7.33. The van der Waals surface area contributed by atoms with E-state index in [-0.39, 0.29) is 6.04 Å². The van der Waals surface area contributed by atoms with Crippen LogP contribution < -0.4 is 0 Å². The Morgan fingerprint density at radius 2 is 1.71 bits per heavy atom. The van der Waals surface area contributed by atoms with Crippen LogP contribution in [0.25, 0.3) is 0 Å². The molecule has 1 aromatic carbocycles. The fourth-order valence-corrected chi connectivity index (χ4v) is 3.92. The normalized spacial score (nSPS) is 17.8. The Kier molecular flexibility index (Phi) is 3.90. The molecule has 1 fully saturated rings. The van der Waals surface area contributed by atoms with Crippen molar-refractivity contribution in [3.8, 4) is 0 Å². The van der Waals surface area contributed by atoms with Gasteiger partial charge in [-0.3, -0.25) is 0 Å². The maximum atomic E-state index is 12.3. The molecule has 1 aliphatic carbocycles. The molecule has 0 atom stereocenters. The summed E-state index contributed by atoms with van der Waals surface area (Å²) in [6, 6.07) is 6.98. The predicted octanol–water partition coefficient (Wildman–Crippen LogP) is 3.01. The van der Waals surface area contributed by atoms with Crippen LogP contribution in [-0.2, 0) is 10.0 Å². The van der Waals surface area contributed by atoms with Crippen LogP contribution in [0.2, 0.25) is 0 Å². The molecule has 1 aromatic rings. The molecular formula is C12H16BrNO2S. The number of benzene rings is 1. The fraction of sp³-hybridized carbons (Fsp3) is 0.500. The molecule has 5 heteroatoms. The predicted molar refractivity (Wildman–Crippen MR) is 71.3 cm³/mol. The number of rotatable bonds is 3. The average Bonchev–Trinajstić information content (AvgIpc) is 2.82. The largest absolute Gasteiger partial charge is 0.243 e. The number of nitrogens with zero attached hydrogens (tertiary/aromatic N) is 1. The molecule has 94 valence electrons. The minimum atomic E-state index is -3.33. The van der Waals surface area contributed by atoms with E-state index in [4.69, 9.17) is 0 Å². The minimum Gasteiger partial charge on any atom is -0.207 e. The molecule has 0 radical (unpaired) electrons. The Balaban J connectivity index is 2.26. The van der Waals surface area contributed by atoms with Crippen molar-refractivity contribution < 1.29 is 8.42 Å². The summed E-state index contributed by atoms with van der Waals surface area (Å²) in [5.41, 5.74) is 0. The SMILES string of the molecule is CN(C1CCCC1)S(=O)(=O)c1ccc(Br)cc1. The van der Waals surface area contributed by atoms with Gasteiger partial charge < -0.3 is 0 Å². The van der Waals surface area contributed by atoms with Gasteiger partial charge in [0.05, 0.1) is 4.90 Å². The van der Waals surface area contributed by atoms with Gasteiger partial charge in [-0.05, 0) is 37.1 Å². The lowest BCUT2D eigenvalue weighted by Crippen LogP contribution is -2.35. The lowest BCUT2D eigenvalue weighted by Gasteiger charge is -2.23. The molecule has 2 rings (SSSR count). The van der Waals surface area contributed by atoms with E-state index in [0.29, 0.717) is 4.90 Å². The lowest BCUT2D eigenvalue weighted by atomic mass is 10.3. The molecule has 0 bridgehead atoms. The molecular weight excluding hydrogens is 302 g/mol. The van der Waals surface area contributed by atoms with Gasteiger partial charge in [0, 0.05) is 17.6 Å². The van der Waals surface area contributed by atoms with E-state index in [1.165, 1.54) is 4.31 Å². The van der Waals surface area contributed by atoms with Crippen molar-refractivity contribution in [2.45, 2.75) is 36.6 Å². The summed E-state index contributed by atoms with van der Waals surface area (Å²) in [4.78, 5) is 0.370. The molecule has 0 amide bonds. The number of halogens is 1. The van der Waals surface area contributed by atoms with Crippen molar-refractivity contribution in [2.24, 2.45) is 0 Å². The molecule has 0 unspecified atom stereocenters. The average molecular weight is 318 g/mol. The van der Waals surface area contributed by atoms with Crippen LogP contribution in [-0.4, -0.2) is 25.8 Å². The summed E-state index contributed by atoms with van der Waals surface area (Å²) in [5, 5.41) is 0. The van der Waals surface area contributed by atoms with E-state index >= 15 is 0 Å². The number of sulfonamides is 1. The van der Waals surface area contributed by atoms with E-state index in [9.17, 15) is 8.42 Å². The Morgan fingerprint density at radius 3 is 2.24 bits per heavy atom. The molecule has 0 heterocycles. The van der Waals surface area contributed by atoms with Crippen molar-refractivity contribution >= 4 is 26.0 Å². The minimum absolute atomic E-state index is 0.170. The van der Waals surface area contributed by atoms with Gasteiger partial charge in [0.15, 0.2) is 0 Å². The standard InChI is InChI=1S/C12H16BrNO2S/c1-14(11-4-2-3-5-11)17(15,16)12-8-6-10(13)7-9-12/h6-9,11H,2-5H2,1H3. The maximum absolute atomic E-state index is 12.3. The first kappa shape index (κ1) is 13.1. The van der Waals surface area contributed by atoms with Crippen LogP contribution in [0, 0.1) is 0 Å². The first-order chi connectivity index (χ1) is 8.01. The molecule has 0 N–H and O–H groups in total. The molecule has 0 spiro atoms. The van der Waals surface area contributed by atoms with Gasteiger partial charge in [0.25, 0.3) is 0 Å². The smallest absolute Gasteiger partial charge is 0.207 e. The molecule has 0 aromatic heterocycles. The lowest BCUT2D eigenvalue weighted by molar-refractivity contribution is 0.373. The third-order valence-corrected chi connectivity index (χ3v) is 5.78. The van der Waals surface area contributed by atoms with Gasteiger partial charge in [0.1, 0.15) is 0 Å². The molecule has 0 saturated heterocycles. The molecule has 1 aliphatic rings.